The molecule has 1 aliphatic heterocycles. The molecule has 0 spiro atoms. The zero-order valence-corrected chi connectivity index (χ0v) is 21.9. The first-order valence-electron chi connectivity index (χ1n) is 12.4. The molecule has 0 aliphatic carbocycles. The van der Waals surface area contributed by atoms with Gasteiger partial charge in [-0.15, -0.1) is 0 Å². The van der Waals surface area contributed by atoms with E-state index in [4.69, 9.17) is 12.2 Å². The highest BCUT2D eigenvalue weighted by Crippen LogP contribution is 2.24. The molecule has 1 aliphatic rings. The highest BCUT2D eigenvalue weighted by molar-refractivity contribution is 7.80. The Kier molecular flexibility index (Phi) is 7.56. The van der Waals surface area contributed by atoms with E-state index in [2.05, 4.69) is 67.5 Å². The molecule has 0 amide bonds. The predicted octanol–water partition coefficient (Wildman–Crippen LogP) is 6.86. The normalized spacial score (nSPS) is 14.5. The summed E-state index contributed by atoms with van der Waals surface area (Å²) >= 11 is 5.56. The Morgan fingerprint density at radius 3 is 2.20 bits per heavy atom. The van der Waals surface area contributed by atoms with E-state index in [1.807, 2.05) is 48.5 Å². The molecular weight excluding hydrogens is 450 g/mol. The monoisotopic (exact) mass is 485 g/mol. The van der Waals surface area contributed by atoms with E-state index < -0.39 is 0 Å². The fourth-order valence-corrected chi connectivity index (χ4v) is 4.72. The van der Waals surface area contributed by atoms with Crippen LogP contribution in [0.3, 0.4) is 0 Å². The molecule has 1 fully saturated rings. The van der Waals surface area contributed by atoms with E-state index in [0.29, 0.717) is 16.2 Å². The van der Waals surface area contributed by atoms with Crippen LogP contribution in [0.5, 0.6) is 0 Å². The number of nitrogens with one attached hydrogen (secondary N) is 2. The highest BCUT2D eigenvalue weighted by Gasteiger charge is 2.16. The number of carbonyl (C=O) groups is 1. The van der Waals surface area contributed by atoms with Gasteiger partial charge in [0, 0.05) is 35.6 Å². The molecule has 1 saturated heterocycles. The van der Waals surface area contributed by atoms with E-state index in [1.54, 1.807) is 0 Å². The first kappa shape index (κ1) is 24.9. The van der Waals surface area contributed by atoms with E-state index in [9.17, 15) is 4.79 Å². The summed E-state index contributed by atoms with van der Waals surface area (Å²) in [6, 6.07) is 24.2. The Bertz CT molecular complexity index is 1170. The van der Waals surface area contributed by atoms with Crippen molar-refractivity contribution in [2.24, 2.45) is 0 Å². The molecule has 4 rings (SSSR count). The molecule has 1 heterocycles. The van der Waals surface area contributed by atoms with Gasteiger partial charge in [-0.1, -0.05) is 69.3 Å². The average molecular weight is 486 g/mol. The lowest BCUT2D eigenvalue weighted by Gasteiger charge is -2.20. The molecule has 0 bridgehead atoms. The molecule has 182 valence electrons. The summed E-state index contributed by atoms with van der Waals surface area (Å²) in [5, 5.41) is 7.12. The van der Waals surface area contributed by atoms with Crippen molar-refractivity contribution in [2.45, 2.75) is 52.0 Å². The molecule has 35 heavy (non-hydrogen) atoms. The molecule has 3 aromatic carbocycles. The van der Waals surface area contributed by atoms with Gasteiger partial charge in [0.2, 0.25) is 0 Å². The van der Waals surface area contributed by atoms with Crippen molar-refractivity contribution in [3.05, 3.63) is 95.1 Å². The zero-order chi connectivity index (χ0) is 25.0. The van der Waals surface area contributed by atoms with Crippen LogP contribution >= 0.6 is 12.2 Å². The fraction of sp³-hybridized carbons (Fsp3) is 0.333. The Hall–Kier alpha value is -3.18. The molecule has 1 unspecified atom stereocenters. The molecule has 2 N–H and O–H groups in total. The lowest BCUT2D eigenvalue weighted by atomic mass is 9.86. The highest BCUT2D eigenvalue weighted by atomic mass is 32.1. The van der Waals surface area contributed by atoms with Crippen molar-refractivity contribution in [3.8, 4) is 0 Å². The van der Waals surface area contributed by atoms with Crippen LogP contribution in [0.2, 0.25) is 0 Å². The molecular formula is C30H35N3OS. The molecule has 3 aromatic rings. The first-order chi connectivity index (χ1) is 16.7. The molecule has 0 radical (unpaired) electrons. The third kappa shape index (κ3) is 6.29. The van der Waals surface area contributed by atoms with Crippen molar-refractivity contribution in [2.75, 3.05) is 23.3 Å². The molecule has 4 nitrogen and oxygen atoms in total. The van der Waals surface area contributed by atoms with Gasteiger partial charge in [0.15, 0.2) is 10.9 Å². The second kappa shape index (κ2) is 10.6. The van der Waals surface area contributed by atoms with Crippen molar-refractivity contribution in [1.29, 1.82) is 0 Å². The van der Waals surface area contributed by atoms with Crippen molar-refractivity contribution >= 4 is 34.5 Å². The van der Waals surface area contributed by atoms with Crippen LogP contribution in [-0.4, -0.2) is 24.0 Å². The van der Waals surface area contributed by atoms with Crippen molar-refractivity contribution in [3.63, 3.8) is 0 Å². The lowest BCUT2D eigenvalue weighted by Crippen LogP contribution is -2.31. The minimum absolute atomic E-state index is 0.000512. The maximum atomic E-state index is 13.1. The number of anilines is 2. The van der Waals surface area contributed by atoms with Crippen LogP contribution < -0.4 is 15.5 Å². The average Bonchev–Trinajstić information content (AvgIpc) is 3.38. The van der Waals surface area contributed by atoms with E-state index in [1.165, 1.54) is 29.7 Å². The zero-order valence-electron chi connectivity index (χ0n) is 21.1. The number of hydrogen-bond donors (Lipinski definition) is 2. The van der Waals surface area contributed by atoms with Gasteiger partial charge >= 0.3 is 0 Å². The predicted molar refractivity (Wildman–Crippen MR) is 151 cm³/mol. The second-order valence-corrected chi connectivity index (χ2v) is 10.8. The minimum Gasteiger partial charge on any atom is -0.372 e. The Balaban J connectivity index is 1.37. The maximum Gasteiger partial charge on any atom is 0.193 e. The Morgan fingerprint density at radius 2 is 1.57 bits per heavy atom. The maximum absolute atomic E-state index is 13.1. The largest absolute Gasteiger partial charge is 0.372 e. The summed E-state index contributed by atoms with van der Waals surface area (Å²) < 4.78 is 0. The summed E-state index contributed by atoms with van der Waals surface area (Å²) in [6.45, 7) is 10.9. The van der Waals surface area contributed by atoms with Crippen LogP contribution in [0.15, 0.2) is 72.8 Å². The molecule has 0 saturated carbocycles. The van der Waals surface area contributed by atoms with Gasteiger partial charge in [0.1, 0.15) is 0 Å². The number of carbonyl (C=O) groups excluding carboxylic acids is 1. The second-order valence-electron chi connectivity index (χ2n) is 10.3. The van der Waals surface area contributed by atoms with E-state index >= 15 is 0 Å². The third-order valence-electron chi connectivity index (χ3n) is 6.61. The summed E-state index contributed by atoms with van der Waals surface area (Å²) in [7, 11) is 0. The van der Waals surface area contributed by atoms with Gasteiger partial charge in [-0.2, -0.15) is 0 Å². The quantitative estimate of drug-likeness (QED) is 0.295. The number of nitrogens with zero attached hydrogens (tertiary/aromatic N) is 1. The summed E-state index contributed by atoms with van der Waals surface area (Å²) in [5.41, 5.74) is 5.83. The van der Waals surface area contributed by atoms with E-state index in [0.717, 1.165) is 18.8 Å². The first-order valence-corrected chi connectivity index (χ1v) is 12.8. The third-order valence-corrected chi connectivity index (χ3v) is 6.83. The van der Waals surface area contributed by atoms with Gasteiger partial charge in [-0.05, 0) is 72.8 Å². The summed E-state index contributed by atoms with van der Waals surface area (Å²) in [6.07, 6.45) is 2.55. The van der Waals surface area contributed by atoms with Crippen LogP contribution in [0, 0.1) is 0 Å². The Labute approximate surface area is 214 Å². The van der Waals surface area contributed by atoms with Crippen molar-refractivity contribution in [1.82, 2.24) is 5.32 Å². The van der Waals surface area contributed by atoms with Gasteiger partial charge in [-0.25, -0.2) is 0 Å². The van der Waals surface area contributed by atoms with Crippen LogP contribution in [0.25, 0.3) is 0 Å². The van der Waals surface area contributed by atoms with Gasteiger partial charge < -0.3 is 15.5 Å². The van der Waals surface area contributed by atoms with Crippen LogP contribution in [0.4, 0.5) is 11.4 Å². The molecule has 0 aromatic heterocycles. The van der Waals surface area contributed by atoms with E-state index in [-0.39, 0.29) is 17.2 Å². The van der Waals surface area contributed by atoms with Crippen molar-refractivity contribution < 1.29 is 4.79 Å². The Morgan fingerprint density at radius 1 is 0.914 bits per heavy atom. The number of hydrogen-bond acceptors (Lipinski definition) is 3. The van der Waals surface area contributed by atoms with Crippen LogP contribution in [-0.2, 0) is 5.41 Å². The minimum atomic E-state index is -0.000512. The smallest absolute Gasteiger partial charge is 0.193 e. The topological polar surface area (TPSA) is 44.4 Å². The lowest BCUT2D eigenvalue weighted by molar-refractivity contribution is 0.103. The number of ketones is 1. The molecule has 5 heteroatoms. The standard InChI is InChI=1S/C30H35N3OS/c1-21(22-12-16-27(17-13-22)33-18-5-6-19-33)31-29(35)32-26-9-7-8-24(20-26)28(34)23-10-14-25(15-11-23)30(2,3)4/h7-17,20-21H,5-6,18-19H2,1-4H3,(H2,31,32,35). The number of benzene rings is 3. The fourth-order valence-electron chi connectivity index (χ4n) is 4.42. The number of rotatable bonds is 6. The summed E-state index contributed by atoms with van der Waals surface area (Å²) in [4.78, 5) is 15.5. The van der Waals surface area contributed by atoms with Crippen LogP contribution in [0.1, 0.15) is 73.6 Å². The molecule has 1 atom stereocenters. The SMILES string of the molecule is CC(NC(=S)Nc1cccc(C(=O)c2ccc(C(C)(C)C)cc2)c1)c1ccc(N2CCCC2)cc1. The number of thiocarbonyl (C=S) groups is 1. The van der Waals surface area contributed by atoms with Gasteiger partial charge in [-0.3, -0.25) is 4.79 Å². The van der Waals surface area contributed by atoms with Gasteiger partial charge in [0.05, 0.1) is 6.04 Å². The summed E-state index contributed by atoms with van der Waals surface area (Å²) in [5.74, 6) is -0.000512. The van der Waals surface area contributed by atoms with Gasteiger partial charge in [0.25, 0.3) is 0 Å².